The number of hydrogen-bond acceptors (Lipinski definition) is 4. The van der Waals surface area contributed by atoms with Crippen LogP contribution < -0.4 is 5.32 Å². The lowest BCUT2D eigenvalue weighted by Gasteiger charge is -2.27. The highest BCUT2D eigenvalue weighted by atomic mass is 32.1. The zero-order valence-corrected chi connectivity index (χ0v) is 16.7. The average molecular weight is 352 g/mol. The fourth-order valence-electron chi connectivity index (χ4n) is 3.47. The third kappa shape index (κ3) is 4.93. The van der Waals surface area contributed by atoms with Gasteiger partial charge >= 0.3 is 0 Å². The van der Waals surface area contributed by atoms with Crippen molar-refractivity contribution in [2.75, 3.05) is 39.3 Å². The van der Waals surface area contributed by atoms with Gasteiger partial charge in [-0.1, -0.05) is 13.8 Å². The molecule has 1 aliphatic rings. The van der Waals surface area contributed by atoms with Gasteiger partial charge in [0.25, 0.3) is 0 Å². The summed E-state index contributed by atoms with van der Waals surface area (Å²) in [6, 6.07) is 0.662. The number of guanidine groups is 1. The van der Waals surface area contributed by atoms with Gasteiger partial charge in [-0.3, -0.25) is 9.89 Å². The highest BCUT2D eigenvalue weighted by molar-refractivity contribution is 7.11. The van der Waals surface area contributed by atoms with Crippen molar-refractivity contribution in [2.24, 2.45) is 4.99 Å². The van der Waals surface area contributed by atoms with Gasteiger partial charge in [0, 0.05) is 43.5 Å². The minimum atomic E-state index is 0.662. The molecule has 0 aromatic carbocycles. The van der Waals surface area contributed by atoms with Crippen molar-refractivity contribution in [3.05, 3.63) is 15.6 Å². The van der Waals surface area contributed by atoms with Gasteiger partial charge < -0.3 is 10.2 Å². The van der Waals surface area contributed by atoms with Gasteiger partial charge in [-0.25, -0.2) is 4.98 Å². The van der Waals surface area contributed by atoms with Gasteiger partial charge in [-0.05, 0) is 40.3 Å². The zero-order valence-electron chi connectivity index (χ0n) is 15.9. The molecule has 136 valence electrons. The summed E-state index contributed by atoms with van der Waals surface area (Å²) in [7, 11) is 0. The van der Waals surface area contributed by atoms with Crippen LogP contribution in [0.4, 0.5) is 0 Å². The highest BCUT2D eigenvalue weighted by Gasteiger charge is 2.27. The van der Waals surface area contributed by atoms with Crippen LogP contribution in [-0.4, -0.2) is 66.1 Å². The lowest BCUT2D eigenvalue weighted by molar-refractivity contribution is 0.223. The third-order valence-electron chi connectivity index (χ3n) is 4.73. The lowest BCUT2D eigenvalue weighted by Crippen LogP contribution is -2.43. The standard InChI is InChI=1S/C18H33N5S/c1-6-19-18(20-11-9-17-14(4)21-15(5)24-17)23-12-10-16(13-23)22(7-2)8-3/h16H,6-13H2,1-5H3,(H,19,20). The molecule has 1 aromatic heterocycles. The second-order valence-electron chi connectivity index (χ2n) is 6.34. The van der Waals surface area contributed by atoms with Gasteiger partial charge in [0.1, 0.15) is 0 Å². The van der Waals surface area contributed by atoms with Crippen molar-refractivity contribution >= 4 is 17.3 Å². The van der Waals surface area contributed by atoms with Crippen molar-refractivity contribution in [3.8, 4) is 0 Å². The van der Waals surface area contributed by atoms with Crippen molar-refractivity contribution in [2.45, 2.75) is 53.5 Å². The normalized spacial score (nSPS) is 18.7. The van der Waals surface area contributed by atoms with Crippen LogP contribution in [0.25, 0.3) is 0 Å². The number of likely N-dealkylation sites (N-methyl/N-ethyl adjacent to an activating group) is 1. The van der Waals surface area contributed by atoms with E-state index in [0.717, 1.165) is 56.7 Å². The second kappa shape index (κ2) is 9.37. The number of rotatable bonds is 7. The first-order chi connectivity index (χ1) is 11.6. The molecule has 5 nitrogen and oxygen atoms in total. The molecule has 0 bridgehead atoms. The number of likely N-dealkylation sites (tertiary alicyclic amines) is 1. The van der Waals surface area contributed by atoms with Crippen LogP contribution >= 0.6 is 11.3 Å². The molecular formula is C18H33N5S. The molecule has 2 rings (SSSR count). The van der Waals surface area contributed by atoms with Crippen molar-refractivity contribution in [1.82, 2.24) is 20.1 Å². The maximum atomic E-state index is 4.88. The van der Waals surface area contributed by atoms with Crippen LogP contribution in [-0.2, 0) is 6.42 Å². The number of aromatic nitrogens is 1. The molecule has 0 spiro atoms. The SMILES string of the molecule is CCNC(=NCCc1sc(C)nc1C)N1CCC(N(CC)CC)C1. The minimum absolute atomic E-state index is 0.662. The fourth-order valence-corrected chi connectivity index (χ4v) is 4.39. The van der Waals surface area contributed by atoms with Crippen molar-refractivity contribution in [3.63, 3.8) is 0 Å². The molecule has 1 N–H and O–H groups in total. The predicted molar refractivity (Wildman–Crippen MR) is 104 cm³/mol. The molecule has 1 atom stereocenters. The Balaban J connectivity index is 1.94. The van der Waals surface area contributed by atoms with Gasteiger partial charge in [-0.15, -0.1) is 11.3 Å². The third-order valence-corrected chi connectivity index (χ3v) is 5.86. The predicted octanol–water partition coefficient (Wildman–Crippen LogP) is 2.68. The summed E-state index contributed by atoms with van der Waals surface area (Å²) < 4.78 is 0. The number of nitrogens with zero attached hydrogens (tertiary/aromatic N) is 4. The lowest BCUT2D eigenvalue weighted by atomic mass is 10.2. The Bertz CT molecular complexity index is 536. The Morgan fingerprint density at radius 1 is 1.33 bits per heavy atom. The number of hydrogen-bond donors (Lipinski definition) is 1. The Labute approximate surface area is 151 Å². The van der Waals surface area contributed by atoms with E-state index < -0.39 is 0 Å². The number of nitrogens with one attached hydrogen (secondary N) is 1. The van der Waals surface area contributed by atoms with Gasteiger partial charge in [0.15, 0.2) is 5.96 Å². The first-order valence-electron chi connectivity index (χ1n) is 9.29. The summed E-state index contributed by atoms with van der Waals surface area (Å²) in [5.74, 6) is 1.08. The van der Waals surface area contributed by atoms with Crippen molar-refractivity contribution < 1.29 is 0 Å². The van der Waals surface area contributed by atoms with Crippen molar-refractivity contribution in [1.29, 1.82) is 0 Å². The molecule has 2 heterocycles. The fraction of sp³-hybridized carbons (Fsp3) is 0.778. The summed E-state index contributed by atoms with van der Waals surface area (Å²) in [6.07, 6.45) is 2.22. The highest BCUT2D eigenvalue weighted by Crippen LogP contribution is 2.18. The molecule has 1 unspecified atom stereocenters. The first kappa shape index (κ1) is 19.2. The molecule has 1 fully saturated rings. The summed E-state index contributed by atoms with van der Waals surface area (Å²) in [6.45, 7) is 17.0. The Morgan fingerprint density at radius 2 is 2.08 bits per heavy atom. The number of thiazole rings is 1. The number of aryl methyl sites for hydroxylation is 2. The van der Waals surface area contributed by atoms with Crippen LogP contribution in [0, 0.1) is 13.8 Å². The molecule has 6 heteroatoms. The van der Waals surface area contributed by atoms with Crippen LogP contribution in [0.15, 0.2) is 4.99 Å². The molecular weight excluding hydrogens is 318 g/mol. The van der Waals surface area contributed by atoms with E-state index in [1.165, 1.54) is 17.0 Å². The maximum absolute atomic E-state index is 4.88. The van der Waals surface area contributed by atoms with E-state index in [1.807, 2.05) is 0 Å². The molecule has 1 saturated heterocycles. The molecule has 1 aliphatic heterocycles. The topological polar surface area (TPSA) is 43.8 Å². The number of aliphatic imine (C=N–C) groups is 1. The summed E-state index contributed by atoms with van der Waals surface area (Å²) in [4.78, 5) is 15.7. The van der Waals surface area contributed by atoms with Crippen LogP contribution in [0.1, 0.15) is 42.8 Å². The maximum Gasteiger partial charge on any atom is 0.193 e. The molecule has 0 amide bonds. The van der Waals surface area contributed by atoms with E-state index >= 15 is 0 Å². The molecule has 0 radical (unpaired) electrons. The zero-order chi connectivity index (χ0) is 17.5. The Hall–Kier alpha value is -1.14. The van der Waals surface area contributed by atoms with Gasteiger partial charge in [-0.2, -0.15) is 0 Å². The molecule has 0 saturated carbocycles. The minimum Gasteiger partial charge on any atom is -0.357 e. The smallest absolute Gasteiger partial charge is 0.193 e. The van der Waals surface area contributed by atoms with E-state index in [4.69, 9.17) is 4.99 Å². The summed E-state index contributed by atoms with van der Waals surface area (Å²) >= 11 is 1.80. The van der Waals surface area contributed by atoms with E-state index in [9.17, 15) is 0 Å². The average Bonchev–Trinajstić information content (AvgIpc) is 3.15. The van der Waals surface area contributed by atoms with Crippen LogP contribution in [0.2, 0.25) is 0 Å². The second-order valence-corrected chi connectivity index (χ2v) is 7.62. The molecule has 0 aliphatic carbocycles. The monoisotopic (exact) mass is 351 g/mol. The van der Waals surface area contributed by atoms with E-state index in [2.05, 4.69) is 54.7 Å². The van der Waals surface area contributed by atoms with Crippen LogP contribution in [0.5, 0.6) is 0 Å². The van der Waals surface area contributed by atoms with E-state index in [0.29, 0.717) is 6.04 Å². The Morgan fingerprint density at radius 3 is 2.67 bits per heavy atom. The van der Waals surface area contributed by atoms with Gasteiger partial charge in [0.2, 0.25) is 0 Å². The Kier molecular flexibility index (Phi) is 7.49. The molecule has 1 aromatic rings. The largest absolute Gasteiger partial charge is 0.357 e. The first-order valence-corrected chi connectivity index (χ1v) is 10.1. The van der Waals surface area contributed by atoms with E-state index in [-0.39, 0.29) is 0 Å². The van der Waals surface area contributed by atoms with Crippen LogP contribution in [0.3, 0.4) is 0 Å². The summed E-state index contributed by atoms with van der Waals surface area (Å²) in [5, 5.41) is 4.62. The van der Waals surface area contributed by atoms with Gasteiger partial charge in [0.05, 0.1) is 10.7 Å². The molecule has 24 heavy (non-hydrogen) atoms. The van der Waals surface area contributed by atoms with E-state index in [1.54, 1.807) is 11.3 Å². The summed E-state index contributed by atoms with van der Waals surface area (Å²) in [5.41, 5.74) is 1.17. The quantitative estimate of drug-likeness (QED) is 0.606.